The maximum atomic E-state index is 13.8. The molecule has 1 aromatic heterocycles. The van der Waals surface area contributed by atoms with Gasteiger partial charge < -0.3 is 16.0 Å². The van der Waals surface area contributed by atoms with E-state index in [2.05, 4.69) is 25.9 Å². The molecular formula is C26H24N8O2. The van der Waals surface area contributed by atoms with E-state index in [0.29, 0.717) is 23.6 Å². The number of carbonyl (C=O) groups is 2. The molecule has 1 aliphatic rings. The molecule has 36 heavy (non-hydrogen) atoms. The summed E-state index contributed by atoms with van der Waals surface area (Å²) in [5, 5.41) is 16.6. The first-order valence-corrected chi connectivity index (χ1v) is 11.5. The Kier molecular flexibility index (Phi) is 6.59. The second kappa shape index (κ2) is 10.3. The van der Waals surface area contributed by atoms with Crippen LogP contribution in [-0.4, -0.2) is 50.4 Å². The molecule has 2 heterocycles. The average Bonchev–Trinajstić information content (AvgIpc) is 3.40. The van der Waals surface area contributed by atoms with E-state index in [1.807, 2.05) is 84.9 Å². The molecule has 5 rings (SSSR count). The predicted molar refractivity (Wildman–Crippen MR) is 134 cm³/mol. The molecule has 2 atom stereocenters. The largest absolute Gasteiger partial charge is 0.325 e. The maximum absolute atomic E-state index is 13.8. The Hall–Kier alpha value is -4.70. The van der Waals surface area contributed by atoms with Gasteiger partial charge in [0.25, 0.3) is 5.91 Å². The zero-order chi connectivity index (χ0) is 24.9. The van der Waals surface area contributed by atoms with Gasteiger partial charge in [-0.1, -0.05) is 78.9 Å². The van der Waals surface area contributed by atoms with Gasteiger partial charge in [0.2, 0.25) is 12.1 Å². The summed E-state index contributed by atoms with van der Waals surface area (Å²) in [5.41, 5.74) is 9.91. The van der Waals surface area contributed by atoms with Crippen LogP contribution in [0, 0.1) is 0 Å². The van der Waals surface area contributed by atoms with Crippen molar-refractivity contribution in [3.63, 3.8) is 0 Å². The molecule has 0 radical (unpaired) electrons. The molecule has 10 heteroatoms. The van der Waals surface area contributed by atoms with Gasteiger partial charge in [0, 0.05) is 11.1 Å². The summed E-state index contributed by atoms with van der Waals surface area (Å²) in [5.74, 6) is -0.502. The molecule has 3 aromatic carbocycles. The van der Waals surface area contributed by atoms with Crippen molar-refractivity contribution in [1.29, 1.82) is 0 Å². The van der Waals surface area contributed by atoms with Crippen LogP contribution in [0.4, 0.5) is 5.69 Å². The first-order chi connectivity index (χ1) is 17.6. The third-order valence-corrected chi connectivity index (χ3v) is 5.87. The number of carbonyl (C=O) groups excluding carboxylic acids is 2. The summed E-state index contributed by atoms with van der Waals surface area (Å²) in [6.07, 6.45) is -0.867. The molecule has 1 aliphatic heterocycles. The van der Waals surface area contributed by atoms with Crippen molar-refractivity contribution in [3.8, 4) is 0 Å². The molecule has 0 fully saturated rings. The van der Waals surface area contributed by atoms with Gasteiger partial charge in [-0.15, -0.1) is 5.10 Å². The zero-order valence-electron chi connectivity index (χ0n) is 19.3. The minimum absolute atomic E-state index is 0.0723. The monoisotopic (exact) mass is 480 g/mol. The minimum atomic E-state index is -1.20. The number of H-pyrrole nitrogens is 1. The van der Waals surface area contributed by atoms with E-state index in [-0.39, 0.29) is 6.54 Å². The van der Waals surface area contributed by atoms with E-state index >= 15 is 0 Å². The summed E-state index contributed by atoms with van der Waals surface area (Å²) in [6.45, 7) is 0.0723. The second-order valence-electron chi connectivity index (χ2n) is 8.34. The van der Waals surface area contributed by atoms with Gasteiger partial charge in [-0.2, -0.15) is 0 Å². The summed E-state index contributed by atoms with van der Waals surface area (Å²) < 4.78 is 0. The van der Waals surface area contributed by atoms with Crippen LogP contribution in [0.2, 0.25) is 0 Å². The number of benzene rings is 3. The second-order valence-corrected chi connectivity index (χ2v) is 8.34. The lowest BCUT2D eigenvalue weighted by atomic mass is 10.0. The average molecular weight is 481 g/mol. The summed E-state index contributed by atoms with van der Waals surface area (Å²) >= 11 is 0. The van der Waals surface area contributed by atoms with Crippen molar-refractivity contribution in [2.75, 3.05) is 4.90 Å². The van der Waals surface area contributed by atoms with Gasteiger partial charge in [-0.3, -0.25) is 9.59 Å². The Morgan fingerprint density at radius 1 is 1.00 bits per heavy atom. The molecular weight excluding hydrogens is 456 g/mol. The number of hydrogen-bond acceptors (Lipinski definition) is 7. The number of benzodiazepines with no additional fused rings is 1. The highest BCUT2D eigenvalue weighted by Gasteiger charge is 2.34. The highest BCUT2D eigenvalue weighted by molar-refractivity contribution is 6.20. The van der Waals surface area contributed by atoms with E-state index in [9.17, 15) is 9.59 Å². The number of fused-ring (bicyclic) bond motifs is 1. The van der Waals surface area contributed by atoms with Gasteiger partial charge in [-0.05, 0) is 28.5 Å². The van der Waals surface area contributed by atoms with E-state index in [4.69, 9.17) is 10.7 Å². The molecule has 4 aromatic rings. The number of anilines is 1. The molecule has 0 spiro atoms. The Morgan fingerprint density at radius 3 is 2.42 bits per heavy atom. The number of nitrogens with one attached hydrogen (secondary N) is 2. The topological polar surface area (TPSA) is 142 Å². The Balaban J connectivity index is 1.52. The number of aromatic amines is 1. The van der Waals surface area contributed by atoms with E-state index in [1.54, 1.807) is 0 Å². The van der Waals surface area contributed by atoms with Crippen LogP contribution in [0.1, 0.15) is 22.5 Å². The maximum Gasteiger partial charge on any atom is 0.272 e. The number of para-hydroxylation sites is 1. The molecule has 180 valence electrons. The van der Waals surface area contributed by atoms with Crippen molar-refractivity contribution in [1.82, 2.24) is 25.9 Å². The smallest absolute Gasteiger partial charge is 0.272 e. The number of nitrogens with zero attached hydrogens (tertiary/aromatic N) is 5. The van der Waals surface area contributed by atoms with Gasteiger partial charge in [0.1, 0.15) is 0 Å². The van der Waals surface area contributed by atoms with Gasteiger partial charge in [0.15, 0.2) is 5.82 Å². The zero-order valence-corrected chi connectivity index (χ0v) is 19.3. The lowest BCUT2D eigenvalue weighted by molar-refractivity contribution is -0.128. The first kappa shape index (κ1) is 23.1. The first-order valence-electron chi connectivity index (χ1n) is 11.5. The van der Waals surface area contributed by atoms with Crippen molar-refractivity contribution in [2.45, 2.75) is 25.2 Å². The standard InChI is InChI=1S/C26H24N8O2/c27-20(15-17-9-3-1-4-10-17)25(35)29-24-26(36)34(16-22-30-32-33-31-22)21-14-8-7-13-19(21)23(28-24)18-11-5-2-6-12-18/h1-14,20,24H,15-16,27H2,(H,29,35)(H,30,31,32,33)/t20-,24-/m0/s1. The summed E-state index contributed by atoms with van der Waals surface area (Å²) in [4.78, 5) is 33.2. The van der Waals surface area contributed by atoms with Gasteiger partial charge >= 0.3 is 0 Å². The van der Waals surface area contributed by atoms with Crippen LogP contribution in [0.15, 0.2) is 89.9 Å². The van der Waals surface area contributed by atoms with Gasteiger partial charge in [0.05, 0.1) is 24.0 Å². The van der Waals surface area contributed by atoms with Crippen LogP contribution in [-0.2, 0) is 22.6 Å². The lowest BCUT2D eigenvalue weighted by Crippen LogP contribution is -2.52. The fourth-order valence-corrected chi connectivity index (χ4v) is 4.11. The van der Waals surface area contributed by atoms with Crippen LogP contribution in [0.25, 0.3) is 0 Å². The van der Waals surface area contributed by atoms with Crippen molar-refractivity contribution in [3.05, 3.63) is 107 Å². The molecule has 2 amide bonds. The predicted octanol–water partition coefficient (Wildman–Crippen LogP) is 1.60. The molecule has 0 saturated carbocycles. The normalized spacial score (nSPS) is 16.0. The van der Waals surface area contributed by atoms with E-state index in [1.165, 1.54) is 4.90 Å². The number of aromatic nitrogens is 4. The number of hydrogen-bond donors (Lipinski definition) is 3. The molecule has 0 unspecified atom stereocenters. The third-order valence-electron chi connectivity index (χ3n) is 5.87. The molecule has 0 saturated heterocycles. The highest BCUT2D eigenvalue weighted by Crippen LogP contribution is 2.29. The molecule has 10 nitrogen and oxygen atoms in total. The van der Waals surface area contributed by atoms with Crippen LogP contribution >= 0.6 is 0 Å². The number of nitrogens with two attached hydrogens (primary N) is 1. The fourth-order valence-electron chi connectivity index (χ4n) is 4.11. The van der Waals surface area contributed by atoms with Crippen molar-refractivity contribution < 1.29 is 9.59 Å². The molecule has 0 aliphatic carbocycles. The van der Waals surface area contributed by atoms with Crippen molar-refractivity contribution in [2.24, 2.45) is 10.7 Å². The third kappa shape index (κ3) is 4.89. The van der Waals surface area contributed by atoms with E-state index in [0.717, 1.165) is 16.7 Å². The summed E-state index contributed by atoms with van der Waals surface area (Å²) in [7, 11) is 0. The SMILES string of the molecule is N[C@@H](Cc1ccccc1)C(=O)N[C@@H]1N=C(c2ccccc2)c2ccccc2N(Cc2nnn[nH]2)C1=O. The van der Waals surface area contributed by atoms with Gasteiger partial charge in [-0.25, -0.2) is 10.1 Å². The Bertz CT molecular complexity index is 1370. The Morgan fingerprint density at radius 2 is 1.69 bits per heavy atom. The number of amides is 2. The number of tetrazole rings is 1. The van der Waals surface area contributed by atoms with Crippen LogP contribution < -0.4 is 16.0 Å². The molecule has 4 N–H and O–H groups in total. The highest BCUT2D eigenvalue weighted by atomic mass is 16.2. The van der Waals surface area contributed by atoms with Crippen LogP contribution in [0.3, 0.4) is 0 Å². The molecule has 0 bridgehead atoms. The summed E-state index contributed by atoms with van der Waals surface area (Å²) in [6, 6.07) is 25.6. The minimum Gasteiger partial charge on any atom is -0.325 e. The number of aliphatic imine (C=N–C) groups is 1. The lowest BCUT2D eigenvalue weighted by Gasteiger charge is -2.25. The number of rotatable bonds is 7. The van der Waals surface area contributed by atoms with Crippen molar-refractivity contribution >= 4 is 23.2 Å². The van der Waals surface area contributed by atoms with Crippen LogP contribution in [0.5, 0.6) is 0 Å². The quantitative estimate of drug-likeness (QED) is 0.367. The van der Waals surface area contributed by atoms with E-state index < -0.39 is 24.0 Å². The fraction of sp³-hybridized carbons (Fsp3) is 0.154. The Labute approximate surface area is 207 Å².